The van der Waals surface area contributed by atoms with E-state index in [-0.39, 0.29) is 17.4 Å². The quantitative estimate of drug-likeness (QED) is 0.676. The number of nitrogens with one attached hydrogen (secondary N) is 1. The van der Waals surface area contributed by atoms with E-state index in [4.69, 9.17) is 11.1 Å². The molecule has 0 atom stereocenters. The van der Waals surface area contributed by atoms with E-state index >= 15 is 0 Å². The van der Waals surface area contributed by atoms with Gasteiger partial charge in [0.05, 0.1) is 11.3 Å². The van der Waals surface area contributed by atoms with Crippen molar-refractivity contribution in [3.05, 3.63) is 57.4 Å². The lowest BCUT2D eigenvalue weighted by atomic mass is 9.90. The molecule has 3 N–H and O–H groups in total. The third-order valence-electron chi connectivity index (χ3n) is 4.96. The minimum Gasteiger partial charge on any atom is -0.384 e. The first-order valence-electron chi connectivity index (χ1n) is 8.37. The van der Waals surface area contributed by atoms with Crippen molar-refractivity contribution in [1.82, 2.24) is 4.57 Å². The van der Waals surface area contributed by atoms with Crippen molar-refractivity contribution in [3.63, 3.8) is 0 Å². The summed E-state index contributed by atoms with van der Waals surface area (Å²) in [5.74, 6) is -0.151. The molecular formula is C19H21N3O. The Morgan fingerprint density at radius 3 is 2.52 bits per heavy atom. The first-order valence-corrected chi connectivity index (χ1v) is 8.37. The van der Waals surface area contributed by atoms with Crippen LogP contribution in [0, 0.1) is 5.41 Å². The number of hydrogen-bond donors (Lipinski definition) is 2. The standard InChI is InChI=1S/C19H21N3O/c20-18(21)16-9-10-17(22(19(16)23)15-7-8-15)14-6-5-12-3-1-2-4-13(12)11-14/h5-6,9-11,15H,1-4,7-8H2,(H3,20,21). The second-order valence-electron chi connectivity index (χ2n) is 6.64. The van der Waals surface area contributed by atoms with Gasteiger partial charge in [0.1, 0.15) is 5.84 Å². The summed E-state index contributed by atoms with van der Waals surface area (Å²) >= 11 is 0. The number of nitrogens with zero attached hydrogens (tertiary/aromatic N) is 1. The predicted molar refractivity (Wildman–Crippen MR) is 92.1 cm³/mol. The number of fused-ring (bicyclic) bond motifs is 1. The molecule has 0 amide bonds. The van der Waals surface area contributed by atoms with Crippen LogP contribution in [0.4, 0.5) is 0 Å². The summed E-state index contributed by atoms with van der Waals surface area (Å²) in [5, 5.41) is 7.60. The van der Waals surface area contributed by atoms with E-state index in [0.29, 0.717) is 5.56 Å². The maximum absolute atomic E-state index is 12.7. The molecule has 1 aromatic heterocycles. The number of amidine groups is 1. The van der Waals surface area contributed by atoms with Gasteiger partial charge < -0.3 is 10.3 Å². The van der Waals surface area contributed by atoms with Crippen molar-refractivity contribution in [2.24, 2.45) is 5.73 Å². The lowest BCUT2D eigenvalue weighted by molar-refractivity contribution is 0.684. The molecule has 0 unspecified atom stereocenters. The van der Waals surface area contributed by atoms with Gasteiger partial charge in [0.25, 0.3) is 5.56 Å². The molecule has 4 heteroatoms. The SMILES string of the molecule is N=C(N)c1ccc(-c2ccc3c(c2)CCCC3)n(C2CC2)c1=O. The molecule has 0 bridgehead atoms. The fourth-order valence-corrected chi connectivity index (χ4v) is 3.58. The Morgan fingerprint density at radius 1 is 1.09 bits per heavy atom. The van der Waals surface area contributed by atoms with Gasteiger partial charge in [-0.1, -0.05) is 12.1 Å². The van der Waals surface area contributed by atoms with Crippen LogP contribution in [-0.4, -0.2) is 10.4 Å². The van der Waals surface area contributed by atoms with Crippen LogP contribution in [0.3, 0.4) is 0 Å². The number of nitrogen functional groups attached to an aromatic ring is 1. The van der Waals surface area contributed by atoms with Gasteiger partial charge in [0, 0.05) is 6.04 Å². The Morgan fingerprint density at radius 2 is 1.83 bits per heavy atom. The van der Waals surface area contributed by atoms with E-state index in [9.17, 15) is 4.79 Å². The van der Waals surface area contributed by atoms with Crippen LogP contribution in [0.15, 0.2) is 35.1 Å². The molecule has 0 spiro atoms. The Hall–Kier alpha value is -2.36. The maximum Gasteiger partial charge on any atom is 0.262 e. The lowest BCUT2D eigenvalue weighted by Crippen LogP contribution is -2.30. The smallest absolute Gasteiger partial charge is 0.262 e. The largest absolute Gasteiger partial charge is 0.384 e. The van der Waals surface area contributed by atoms with Crippen molar-refractivity contribution < 1.29 is 0 Å². The topological polar surface area (TPSA) is 71.9 Å². The lowest BCUT2D eigenvalue weighted by Gasteiger charge is -2.19. The Kier molecular flexibility index (Phi) is 3.33. The number of hydrogen-bond acceptors (Lipinski definition) is 2. The average Bonchev–Trinajstić information content (AvgIpc) is 3.38. The second kappa shape index (κ2) is 5.37. The summed E-state index contributed by atoms with van der Waals surface area (Å²) in [4.78, 5) is 12.7. The van der Waals surface area contributed by atoms with E-state index in [1.165, 1.54) is 24.0 Å². The molecular weight excluding hydrogens is 286 g/mol. The highest BCUT2D eigenvalue weighted by Gasteiger charge is 2.28. The van der Waals surface area contributed by atoms with Crippen LogP contribution in [0.5, 0.6) is 0 Å². The van der Waals surface area contributed by atoms with Crippen LogP contribution in [0.2, 0.25) is 0 Å². The molecule has 2 aliphatic carbocycles. The van der Waals surface area contributed by atoms with Gasteiger partial charge in [-0.3, -0.25) is 10.2 Å². The van der Waals surface area contributed by atoms with E-state index in [1.54, 1.807) is 6.07 Å². The highest BCUT2D eigenvalue weighted by atomic mass is 16.1. The Balaban J connectivity index is 1.87. The van der Waals surface area contributed by atoms with E-state index < -0.39 is 0 Å². The highest BCUT2D eigenvalue weighted by molar-refractivity contribution is 5.94. The average molecular weight is 307 g/mol. The van der Waals surface area contributed by atoms with Crippen LogP contribution >= 0.6 is 0 Å². The molecule has 4 rings (SSSR count). The Labute approximate surface area is 135 Å². The molecule has 1 aromatic carbocycles. The van der Waals surface area contributed by atoms with E-state index in [0.717, 1.165) is 36.9 Å². The maximum atomic E-state index is 12.7. The summed E-state index contributed by atoms with van der Waals surface area (Å²) in [7, 11) is 0. The van der Waals surface area contributed by atoms with Crippen LogP contribution in [-0.2, 0) is 12.8 Å². The highest BCUT2D eigenvalue weighted by Crippen LogP contribution is 2.37. The summed E-state index contributed by atoms with van der Waals surface area (Å²) in [6, 6.07) is 10.5. The summed E-state index contributed by atoms with van der Waals surface area (Å²) in [6.45, 7) is 0. The molecule has 4 nitrogen and oxygen atoms in total. The molecule has 0 aliphatic heterocycles. The van der Waals surface area contributed by atoms with Gasteiger partial charge in [-0.05, 0) is 73.4 Å². The van der Waals surface area contributed by atoms with Crippen LogP contribution in [0.25, 0.3) is 11.3 Å². The summed E-state index contributed by atoms with van der Waals surface area (Å²) < 4.78 is 1.85. The summed E-state index contributed by atoms with van der Waals surface area (Å²) in [5.41, 5.74) is 10.6. The minimum absolute atomic E-state index is 0.129. The molecule has 1 fully saturated rings. The normalized spacial score (nSPS) is 16.9. The summed E-state index contributed by atoms with van der Waals surface area (Å²) in [6.07, 6.45) is 6.86. The minimum atomic E-state index is -0.151. The van der Waals surface area contributed by atoms with Crippen molar-refractivity contribution in [1.29, 1.82) is 5.41 Å². The second-order valence-corrected chi connectivity index (χ2v) is 6.64. The third kappa shape index (κ3) is 2.48. The van der Waals surface area contributed by atoms with Gasteiger partial charge in [-0.15, -0.1) is 0 Å². The molecule has 0 saturated heterocycles. The third-order valence-corrected chi connectivity index (χ3v) is 4.96. The van der Waals surface area contributed by atoms with E-state index in [1.807, 2.05) is 10.6 Å². The number of aryl methyl sites for hydroxylation is 2. The first-order chi connectivity index (χ1) is 11.1. The molecule has 1 saturated carbocycles. The van der Waals surface area contributed by atoms with Crippen molar-refractivity contribution >= 4 is 5.84 Å². The van der Waals surface area contributed by atoms with Crippen molar-refractivity contribution in [2.75, 3.05) is 0 Å². The van der Waals surface area contributed by atoms with Gasteiger partial charge >= 0.3 is 0 Å². The fourth-order valence-electron chi connectivity index (χ4n) is 3.58. The van der Waals surface area contributed by atoms with E-state index in [2.05, 4.69) is 18.2 Å². The zero-order chi connectivity index (χ0) is 16.0. The van der Waals surface area contributed by atoms with Gasteiger partial charge in [-0.2, -0.15) is 0 Å². The zero-order valence-corrected chi connectivity index (χ0v) is 13.1. The zero-order valence-electron chi connectivity index (χ0n) is 13.1. The monoisotopic (exact) mass is 307 g/mol. The Bertz CT molecular complexity index is 846. The number of benzene rings is 1. The van der Waals surface area contributed by atoms with Gasteiger partial charge in [0.15, 0.2) is 0 Å². The van der Waals surface area contributed by atoms with Gasteiger partial charge in [-0.25, -0.2) is 0 Å². The fraction of sp³-hybridized carbons (Fsp3) is 0.368. The molecule has 23 heavy (non-hydrogen) atoms. The number of rotatable bonds is 3. The van der Waals surface area contributed by atoms with Crippen LogP contribution in [0.1, 0.15) is 48.4 Å². The molecule has 2 aliphatic rings. The molecule has 1 heterocycles. The molecule has 2 aromatic rings. The predicted octanol–water partition coefficient (Wildman–Crippen LogP) is 3.01. The van der Waals surface area contributed by atoms with Crippen molar-refractivity contribution in [3.8, 4) is 11.3 Å². The van der Waals surface area contributed by atoms with Crippen LogP contribution < -0.4 is 11.3 Å². The number of nitrogens with two attached hydrogens (primary N) is 1. The molecule has 0 radical (unpaired) electrons. The number of aromatic nitrogens is 1. The van der Waals surface area contributed by atoms with Crippen molar-refractivity contribution in [2.45, 2.75) is 44.6 Å². The first kappa shape index (κ1) is 14.2. The molecule has 118 valence electrons. The number of pyridine rings is 1. The van der Waals surface area contributed by atoms with Gasteiger partial charge in [0.2, 0.25) is 0 Å².